The Labute approximate surface area is 229 Å². The van der Waals surface area contributed by atoms with E-state index in [0.717, 1.165) is 18.2 Å². The molecule has 0 saturated heterocycles. The fourth-order valence-corrected chi connectivity index (χ4v) is 7.54. The predicted octanol–water partition coefficient (Wildman–Crippen LogP) is 5.32. The molecule has 1 amide bonds. The van der Waals surface area contributed by atoms with Crippen LogP contribution in [0.15, 0.2) is 130 Å². The second-order valence-electron chi connectivity index (χ2n) is 8.40. The summed E-state index contributed by atoms with van der Waals surface area (Å²) in [6.45, 7) is 0. The van der Waals surface area contributed by atoms with Crippen LogP contribution in [0, 0.1) is 5.82 Å². The van der Waals surface area contributed by atoms with E-state index < -0.39 is 37.5 Å². The predicted molar refractivity (Wildman–Crippen MR) is 146 cm³/mol. The SMILES string of the molecule is O=C(Nc1ccc(F)c(N(S(=O)(=O)c2ccccc2)S(=O)(=O)c2ccccc2)c1)c1cc(-c2ccccc2)on1. The van der Waals surface area contributed by atoms with Crippen molar-refractivity contribution < 1.29 is 30.5 Å². The van der Waals surface area contributed by atoms with Gasteiger partial charge in [0.15, 0.2) is 11.5 Å². The number of sulfonamides is 2. The van der Waals surface area contributed by atoms with Gasteiger partial charge in [0, 0.05) is 17.3 Å². The number of nitrogens with zero attached hydrogens (tertiary/aromatic N) is 2. The van der Waals surface area contributed by atoms with Gasteiger partial charge in [0.25, 0.3) is 26.0 Å². The summed E-state index contributed by atoms with van der Waals surface area (Å²) in [5.74, 6) is -1.56. The molecular weight excluding hydrogens is 557 g/mol. The molecule has 0 saturated carbocycles. The Morgan fingerprint density at radius 2 is 1.25 bits per heavy atom. The zero-order valence-corrected chi connectivity index (χ0v) is 22.1. The number of amides is 1. The van der Waals surface area contributed by atoms with E-state index in [-0.39, 0.29) is 24.9 Å². The van der Waals surface area contributed by atoms with Crippen LogP contribution >= 0.6 is 0 Å². The highest BCUT2D eigenvalue weighted by atomic mass is 32.3. The first-order valence-electron chi connectivity index (χ1n) is 11.7. The highest BCUT2D eigenvalue weighted by molar-refractivity contribution is 8.10. The third-order valence-corrected chi connectivity index (χ3v) is 9.90. The van der Waals surface area contributed by atoms with Gasteiger partial charge in [-0.15, -0.1) is 0 Å². The number of rotatable bonds is 8. The zero-order chi connectivity index (χ0) is 28.3. The minimum absolute atomic E-state index is 0.0270. The quantitative estimate of drug-likeness (QED) is 0.265. The van der Waals surface area contributed by atoms with Crippen LogP contribution in [0.1, 0.15) is 10.5 Å². The maximum atomic E-state index is 15.3. The highest BCUT2D eigenvalue weighted by Gasteiger charge is 2.38. The lowest BCUT2D eigenvalue weighted by molar-refractivity contribution is 0.101. The zero-order valence-electron chi connectivity index (χ0n) is 20.5. The third-order valence-electron chi connectivity index (χ3n) is 5.72. The van der Waals surface area contributed by atoms with Crippen molar-refractivity contribution >= 4 is 37.3 Å². The van der Waals surface area contributed by atoms with Gasteiger partial charge in [-0.1, -0.05) is 71.9 Å². The van der Waals surface area contributed by atoms with E-state index in [9.17, 15) is 21.6 Å². The highest BCUT2D eigenvalue weighted by Crippen LogP contribution is 2.34. The molecule has 0 aliphatic heterocycles. The van der Waals surface area contributed by atoms with Gasteiger partial charge >= 0.3 is 0 Å². The largest absolute Gasteiger partial charge is 0.355 e. The minimum Gasteiger partial charge on any atom is -0.355 e. The van der Waals surface area contributed by atoms with Gasteiger partial charge < -0.3 is 9.84 Å². The van der Waals surface area contributed by atoms with Crippen LogP contribution in [0.25, 0.3) is 11.3 Å². The molecular formula is C28H20FN3O6S2. The molecule has 40 heavy (non-hydrogen) atoms. The van der Waals surface area contributed by atoms with Crippen molar-refractivity contribution in [1.29, 1.82) is 0 Å². The Kier molecular flexibility index (Phi) is 7.20. The Morgan fingerprint density at radius 1 is 0.725 bits per heavy atom. The molecule has 1 aromatic heterocycles. The van der Waals surface area contributed by atoms with Crippen molar-refractivity contribution in [3.8, 4) is 11.3 Å². The number of benzene rings is 4. The molecule has 12 heteroatoms. The van der Waals surface area contributed by atoms with Crippen LogP contribution in [-0.4, -0.2) is 27.9 Å². The summed E-state index contributed by atoms with van der Waals surface area (Å²) >= 11 is 0. The standard InChI is InChI=1S/C28H20FN3O6S2/c29-24-17-16-21(30-28(33)25-19-27(38-31-25)20-10-4-1-5-11-20)18-26(24)32(39(34,35)22-12-6-2-7-13-22)40(36,37)23-14-8-3-9-15-23/h1-19H,(H,30,33). The number of carbonyl (C=O) groups excluding carboxylic acids is 1. The first-order chi connectivity index (χ1) is 19.2. The van der Waals surface area contributed by atoms with Crippen LogP contribution in [0.2, 0.25) is 0 Å². The monoisotopic (exact) mass is 577 g/mol. The van der Waals surface area contributed by atoms with E-state index in [1.165, 1.54) is 54.6 Å². The molecule has 5 aromatic rings. The Balaban J connectivity index is 1.55. The van der Waals surface area contributed by atoms with Gasteiger partial charge in [0.05, 0.1) is 9.79 Å². The van der Waals surface area contributed by atoms with Crippen LogP contribution in [0.5, 0.6) is 0 Å². The van der Waals surface area contributed by atoms with Crippen molar-refractivity contribution in [2.75, 3.05) is 9.03 Å². The maximum absolute atomic E-state index is 15.3. The first-order valence-corrected chi connectivity index (χ1v) is 14.6. The lowest BCUT2D eigenvalue weighted by atomic mass is 10.1. The molecule has 0 aliphatic rings. The summed E-state index contributed by atoms with van der Waals surface area (Å²) in [5, 5.41) is 6.24. The van der Waals surface area contributed by atoms with E-state index in [0.29, 0.717) is 11.3 Å². The van der Waals surface area contributed by atoms with Gasteiger partial charge in [0.2, 0.25) is 0 Å². The maximum Gasteiger partial charge on any atom is 0.277 e. The molecule has 5 rings (SSSR count). The first kappa shape index (κ1) is 26.8. The molecule has 0 bridgehead atoms. The Hall–Kier alpha value is -4.81. The third kappa shape index (κ3) is 5.22. The van der Waals surface area contributed by atoms with E-state index >= 15 is 4.39 Å². The lowest BCUT2D eigenvalue weighted by Gasteiger charge is -2.25. The number of carbonyl (C=O) groups is 1. The van der Waals surface area contributed by atoms with Crippen molar-refractivity contribution in [1.82, 2.24) is 5.16 Å². The fraction of sp³-hybridized carbons (Fsp3) is 0. The van der Waals surface area contributed by atoms with E-state index in [1.807, 2.05) is 6.07 Å². The summed E-state index contributed by atoms with van der Waals surface area (Å²) in [5.41, 5.74) is -0.306. The number of hydrogen-bond acceptors (Lipinski definition) is 7. The van der Waals surface area contributed by atoms with Gasteiger partial charge in [0.1, 0.15) is 11.5 Å². The molecule has 0 atom stereocenters. The van der Waals surface area contributed by atoms with E-state index in [1.54, 1.807) is 36.4 Å². The average Bonchev–Trinajstić information content (AvgIpc) is 3.47. The number of halogens is 1. The molecule has 1 heterocycles. The second kappa shape index (κ2) is 10.8. The summed E-state index contributed by atoms with van der Waals surface area (Å²) < 4.78 is 75.2. The normalized spacial score (nSPS) is 11.6. The Morgan fingerprint density at radius 3 is 1.80 bits per heavy atom. The van der Waals surface area contributed by atoms with Gasteiger partial charge in [-0.25, -0.2) is 21.2 Å². The minimum atomic E-state index is -4.84. The van der Waals surface area contributed by atoms with Crippen LogP contribution in [-0.2, 0) is 20.0 Å². The van der Waals surface area contributed by atoms with Crippen molar-refractivity contribution in [3.05, 3.63) is 127 Å². The summed E-state index contributed by atoms with van der Waals surface area (Å²) in [7, 11) is -9.68. The number of aromatic nitrogens is 1. The number of hydrogen-bond donors (Lipinski definition) is 1. The van der Waals surface area contributed by atoms with E-state index in [2.05, 4.69) is 10.5 Å². The van der Waals surface area contributed by atoms with Gasteiger partial charge in [-0.05, 0) is 42.5 Å². The van der Waals surface area contributed by atoms with Crippen LogP contribution < -0.4 is 9.03 Å². The van der Waals surface area contributed by atoms with Crippen molar-refractivity contribution in [2.45, 2.75) is 9.79 Å². The molecule has 0 aliphatic carbocycles. The van der Waals surface area contributed by atoms with Crippen LogP contribution in [0.3, 0.4) is 0 Å². The average molecular weight is 578 g/mol. The van der Waals surface area contributed by atoms with Gasteiger partial charge in [-0.2, -0.15) is 3.71 Å². The number of nitrogens with one attached hydrogen (secondary N) is 1. The van der Waals surface area contributed by atoms with Gasteiger partial charge in [-0.3, -0.25) is 4.79 Å². The molecule has 0 fully saturated rings. The van der Waals surface area contributed by atoms with Crippen molar-refractivity contribution in [2.24, 2.45) is 0 Å². The summed E-state index contributed by atoms with van der Waals surface area (Å²) in [6.07, 6.45) is 0. The molecule has 4 aromatic carbocycles. The summed E-state index contributed by atoms with van der Waals surface area (Å²) in [6, 6.07) is 26.8. The molecule has 0 radical (unpaired) electrons. The smallest absolute Gasteiger partial charge is 0.277 e. The van der Waals surface area contributed by atoms with Crippen molar-refractivity contribution in [3.63, 3.8) is 0 Å². The second-order valence-corrected chi connectivity index (χ2v) is 12.2. The molecule has 1 N–H and O–H groups in total. The molecule has 0 unspecified atom stereocenters. The van der Waals surface area contributed by atoms with E-state index in [4.69, 9.17) is 4.52 Å². The summed E-state index contributed by atoms with van der Waals surface area (Å²) in [4.78, 5) is 12.1. The molecule has 9 nitrogen and oxygen atoms in total. The van der Waals surface area contributed by atoms with Crippen LogP contribution in [0.4, 0.5) is 15.8 Å². The molecule has 0 spiro atoms. The Bertz CT molecular complexity index is 1810. The molecule has 202 valence electrons. The topological polar surface area (TPSA) is 127 Å². The number of anilines is 2. The fourth-order valence-electron chi connectivity index (χ4n) is 3.81. The lowest BCUT2D eigenvalue weighted by Crippen LogP contribution is -2.37.